The van der Waals surface area contributed by atoms with Gasteiger partial charge in [0.15, 0.2) is 6.10 Å². The van der Waals surface area contributed by atoms with Crippen LogP contribution in [-0.4, -0.2) is 45.9 Å². The number of cyclic esters (lactones) is 2. The van der Waals surface area contributed by atoms with Gasteiger partial charge in [-0.1, -0.05) is 6.08 Å². The summed E-state index contributed by atoms with van der Waals surface area (Å²) in [5.41, 5.74) is 0.442. The molecule has 2 aliphatic rings. The number of aliphatic hydroxyl groups is 2. The Labute approximate surface area is 128 Å². The molecule has 1 heterocycles. The van der Waals surface area contributed by atoms with Crippen LogP contribution in [0.2, 0.25) is 0 Å². The number of ether oxygens (including phenoxy) is 1. The van der Waals surface area contributed by atoms with Crippen LogP contribution in [0.5, 0.6) is 0 Å². The summed E-state index contributed by atoms with van der Waals surface area (Å²) in [6.45, 7) is 1.91. The first-order valence-corrected chi connectivity index (χ1v) is 7.28. The van der Waals surface area contributed by atoms with Crippen LogP contribution in [0.1, 0.15) is 39.0 Å². The molecular formula is C15H22O7. The Morgan fingerprint density at radius 2 is 1.86 bits per heavy atom. The fourth-order valence-corrected chi connectivity index (χ4v) is 2.43. The monoisotopic (exact) mass is 314 g/mol. The van der Waals surface area contributed by atoms with Crippen molar-refractivity contribution in [2.45, 2.75) is 45.1 Å². The van der Waals surface area contributed by atoms with Crippen LogP contribution in [0.15, 0.2) is 11.6 Å². The summed E-state index contributed by atoms with van der Waals surface area (Å²) >= 11 is 0. The molecule has 2 fully saturated rings. The van der Waals surface area contributed by atoms with Crippen LogP contribution in [-0.2, 0) is 19.1 Å². The summed E-state index contributed by atoms with van der Waals surface area (Å²) in [6, 6.07) is 0. The van der Waals surface area contributed by atoms with Crippen molar-refractivity contribution in [1.82, 2.24) is 0 Å². The normalized spacial score (nSPS) is 28.7. The average Bonchev–Trinajstić information content (AvgIpc) is 2.76. The van der Waals surface area contributed by atoms with Gasteiger partial charge in [-0.3, -0.25) is 4.79 Å². The smallest absolute Gasteiger partial charge is 0.343 e. The number of rotatable bonds is 3. The maximum absolute atomic E-state index is 10.6. The Morgan fingerprint density at radius 1 is 1.27 bits per heavy atom. The van der Waals surface area contributed by atoms with Crippen LogP contribution in [0, 0.1) is 11.8 Å². The van der Waals surface area contributed by atoms with Crippen LogP contribution in [0.25, 0.3) is 0 Å². The summed E-state index contributed by atoms with van der Waals surface area (Å²) in [4.78, 5) is 30.7. The minimum atomic E-state index is -1.22. The third kappa shape index (κ3) is 5.95. The maximum atomic E-state index is 10.6. The number of hydrogen-bond acceptors (Lipinski definition) is 6. The van der Waals surface area contributed by atoms with Crippen molar-refractivity contribution in [3.63, 3.8) is 0 Å². The van der Waals surface area contributed by atoms with Gasteiger partial charge in [0.2, 0.25) is 0 Å². The highest BCUT2D eigenvalue weighted by atomic mass is 16.6. The molecule has 124 valence electrons. The van der Waals surface area contributed by atoms with E-state index in [0.717, 1.165) is 25.7 Å². The van der Waals surface area contributed by atoms with Crippen molar-refractivity contribution in [3.05, 3.63) is 11.6 Å². The van der Waals surface area contributed by atoms with Crippen molar-refractivity contribution in [2.75, 3.05) is 6.61 Å². The summed E-state index contributed by atoms with van der Waals surface area (Å²) in [7, 11) is 0. The minimum absolute atomic E-state index is 0.196. The topological polar surface area (TPSA) is 121 Å². The van der Waals surface area contributed by atoms with E-state index in [9.17, 15) is 14.4 Å². The highest BCUT2D eigenvalue weighted by Crippen LogP contribution is 2.29. The molecule has 1 atom stereocenters. The zero-order chi connectivity index (χ0) is 16.7. The van der Waals surface area contributed by atoms with Gasteiger partial charge in [0.25, 0.3) is 0 Å². The molecule has 3 N–H and O–H groups in total. The summed E-state index contributed by atoms with van der Waals surface area (Å²) < 4.78 is 3.95. The average molecular weight is 314 g/mol. The van der Waals surface area contributed by atoms with E-state index in [1.54, 1.807) is 6.92 Å². The number of aliphatic hydroxyl groups excluding tert-OH is 2. The highest BCUT2D eigenvalue weighted by Gasteiger charge is 2.30. The molecule has 1 unspecified atom stereocenters. The molecule has 2 rings (SSSR count). The van der Waals surface area contributed by atoms with E-state index in [-0.39, 0.29) is 13.0 Å². The third-order valence-corrected chi connectivity index (χ3v) is 3.82. The lowest BCUT2D eigenvalue weighted by Gasteiger charge is -2.25. The van der Waals surface area contributed by atoms with E-state index in [4.69, 9.17) is 15.3 Å². The van der Waals surface area contributed by atoms with Crippen LogP contribution in [0.3, 0.4) is 0 Å². The van der Waals surface area contributed by atoms with Gasteiger partial charge >= 0.3 is 17.9 Å². The Balaban J connectivity index is 0.000000255. The van der Waals surface area contributed by atoms with Gasteiger partial charge < -0.3 is 20.1 Å². The van der Waals surface area contributed by atoms with Crippen LogP contribution in [0.4, 0.5) is 0 Å². The lowest BCUT2D eigenvalue weighted by molar-refractivity contribution is -0.154. The molecule has 1 aliphatic carbocycles. The van der Waals surface area contributed by atoms with Crippen molar-refractivity contribution in [1.29, 1.82) is 0 Å². The number of esters is 2. The predicted molar refractivity (Wildman–Crippen MR) is 75.6 cm³/mol. The van der Waals surface area contributed by atoms with E-state index in [2.05, 4.69) is 4.74 Å². The van der Waals surface area contributed by atoms with Crippen molar-refractivity contribution >= 4 is 17.9 Å². The zero-order valence-electron chi connectivity index (χ0n) is 12.5. The first-order valence-electron chi connectivity index (χ1n) is 7.28. The second-order valence-electron chi connectivity index (χ2n) is 5.63. The lowest BCUT2D eigenvalue weighted by atomic mass is 9.82. The number of carbonyl (C=O) groups excluding carboxylic acids is 2. The van der Waals surface area contributed by atoms with Gasteiger partial charge in [-0.25, -0.2) is 9.59 Å². The molecule has 0 aromatic carbocycles. The molecule has 7 heteroatoms. The van der Waals surface area contributed by atoms with Crippen LogP contribution < -0.4 is 0 Å². The predicted octanol–water partition coefficient (Wildman–Crippen LogP) is 0.637. The first kappa shape index (κ1) is 18.3. The second-order valence-corrected chi connectivity index (χ2v) is 5.63. The quantitative estimate of drug-likeness (QED) is 0.397. The fraction of sp³-hybridized carbons (Fsp3) is 0.667. The van der Waals surface area contributed by atoms with Crippen LogP contribution >= 0.6 is 0 Å². The number of carbonyl (C=O) groups is 3. The maximum Gasteiger partial charge on any atom is 0.343 e. The lowest BCUT2D eigenvalue weighted by Crippen LogP contribution is -2.16. The SMILES string of the molecule is CC(=CC1CCC(CO)CC1)C(=O)O.O=C1CC(O)C(=O)O1. The number of aliphatic carboxylic acids is 1. The fourth-order valence-electron chi connectivity index (χ4n) is 2.43. The Bertz CT molecular complexity index is 447. The Morgan fingerprint density at radius 3 is 2.18 bits per heavy atom. The molecule has 1 aliphatic heterocycles. The van der Waals surface area contributed by atoms with E-state index in [0.29, 0.717) is 17.4 Å². The highest BCUT2D eigenvalue weighted by molar-refractivity contribution is 5.95. The molecule has 0 amide bonds. The van der Waals surface area contributed by atoms with Gasteiger partial charge in [0.1, 0.15) is 0 Å². The van der Waals surface area contributed by atoms with E-state index < -0.39 is 24.0 Å². The molecule has 0 radical (unpaired) electrons. The van der Waals surface area contributed by atoms with Crippen molar-refractivity contribution in [3.8, 4) is 0 Å². The zero-order valence-corrected chi connectivity index (χ0v) is 12.5. The van der Waals surface area contributed by atoms with E-state index in [1.165, 1.54) is 0 Å². The molecule has 0 aromatic rings. The molecular weight excluding hydrogens is 292 g/mol. The van der Waals surface area contributed by atoms with Gasteiger partial charge in [-0.15, -0.1) is 0 Å². The van der Waals surface area contributed by atoms with E-state index in [1.807, 2.05) is 6.08 Å². The van der Waals surface area contributed by atoms with E-state index >= 15 is 0 Å². The van der Waals surface area contributed by atoms with Gasteiger partial charge in [-0.05, 0) is 44.4 Å². The molecule has 1 saturated heterocycles. The summed E-state index contributed by atoms with van der Waals surface area (Å²) in [5, 5.41) is 26.1. The first-order chi connectivity index (χ1) is 10.3. The molecule has 7 nitrogen and oxygen atoms in total. The minimum Gasteiger partial charge on any atom is -0.478 e. The summed E-state index contributed by atoms with van der Waals surface area (Å²) in [5.74, 6) is -1.48. The number of carboxylic acids is 1. The standard InChI is InChI=1S/C11H18O3.C4H4O4/c1-8(11(13)14)6-9-2-4-10(7-12)5-3-9;5-2-1-3(6)8-4(2)7/h6,9-10,12H,2-5,7H2,1H3,(H,13,14);2,5H,1H2. The molecule has 1 saturated carbocycles. The van der Waals surface area contributed by atoms with Gasteiger partial charge in [0, 0.05) is 12.2 Å². The second kappa shape index (κ2) is 8.65. The number of allylic oxidation sites excluding steroid dienone is 1. The summed E-state index contributed by atoms with van der Waals surface area (Å²) in [6.07, 6.45) is 4.50. The Hall–Kier alpha value is -1.73. The molecule has 22 heavy (non-hydrogen) atoms. The molecule has 0 spiro atoms. The van der Waals surface area contributed by atoms with Crippen molar-refractivity contribution < 1.29 is 34.4 Å². The molecule has 0 aromatic heterocycles. The Kier molecular flexibility index (Phi) is 7.20. The van der Waals surface area contributed by atoms with Crippen molar-refractivity contribution in [2.24, 2.45) is 11.8 Å². The molecule has 0 bridgehead atoms. The number of hydrogen-bond donors (Lipinski definition) is 3. The van der Waals surface area contributed by atoms with Gasteiger partial charge in [0.05, 0.1) is 6.42 Å². The number of carboxylic acid groups (broad SMARTS) is 1. The van der Waals surface area contributed by atoms with Gasteiger partial charge in [-0.2, -0.15) is 0 Å². The largest absolute Gasteiger partial charge is 0.478 e. The third-order valence-electron chi connectivity index (χ3n) is 3.82.